The van der Waals surface area contributed by atoms with Gasteiger partial charge in [-0.2, -0.15) is 13.2 Å². The van der Waals surface area contributed by atoms with Gasteiger partial charge in [-0.05, 0) is 18.2 Å². The molecule has 0 aromatic heterocycles. The molecule has 1 atom stereocenters. The van der Waals surface area contributed by atoms with Crippen LogP contribution >= 0.6 is 15.9 Å². The van der Waals surface area contributed by atoms with Gasteiger partial charge in [0.05, 0.1) is 18.0 Å². The van der Waals surface area contributed by atoms with Gasteiger partial charge in [0.2, 0.25) is 11.8 Å². The van der Waals surface area contributed by atoms with Gasteiger partial charge in [0.25, 0.3) is 0 Å². The van der Waals surface area contributed by atoms with Crippen molar-refractivity contribution in [2.75, 3.05) is 5.32 Å². The van der Waals surface area contributed by atoms with E-state index >= 15 is 0 Å². The predicted octanol–water partition coefficient (Wildman–Crippen LogP) is 1.61. The molecule has 1 aromatic carbocycles. The normalized spacial score (nSPS) is 12.8. The third-order valence-corrected chi connectivity index (χ3v) is 2.71. The minimum atomic E-state index is -4.54. The summed E-state index contributed by atoms with van der Waals surface area (Å²) in [6.07, 6.45) is -4.94. The SMILES string of the molecule is NC(=O)CC(N)C(=O)Nc1cc(Br)cc(C(F)(F)F)c1. The van der Waals surface area contributed by atoms with E-state index in [1.165, 1.54) is 6.07 Å². The predicted molar refractivity (Wildman–Crippen MR) is 69.6 cm³/mol. The average molecular weight is 354 g/mol. The maximum Gasteiger partial charge on any atom is 0.416 e. The van der Waals surface area contributed by atoms with E-state index in [2.05, 4.69) is 21.2 Å². The molecule has 1 rings (SSSR count). The van der Waals surface area contributed by atoms with Gasteiger partial charge >= 0.3 is 6.18 Å². The molecular weight excluding hydrogens is 343 g/mol. The monoisotopic (exact) mass is 353 g/mol. The number of halogens is 4. The maximum absolute atomic E-state index is 12.6. The Morgan fingerprint density at radius 3 is 2.40 bits per heavy atom. The van der Waals surface area contributed by atoms with Gasteiger partial charge in [0.1, 0.15) is 0 Å². The lowest BCUT2D eigenvalue weighted by Crippen LogP contribution is -2.39. The number of hydrogen-bond acceptors (Lipinski definition) is 3. The summed E-state index contributed by atoms with van der Waals surface area (Å²) in [5.41, 5.74) is 9.24. The zero-order valence-electron chi connectivity index (χ0n) is 10.00. The molecule has 1 aromatic rings. The second kappa shape index (κ2) is 6.23. The molecule has 0 saturated heterocycles. The van der Waals surface area contributed by atoms with Crippen LogP contribution in [0.25, 0.3) is 0 Å². The highest BCUT2D eigenvalue weighted by atomic mass is 79.9. The highest BCUT2D eigenvalue weighted by molar-refractivity contribution is 9.10. The molecule has 0 aliphatic heterocycles. The number of anilines is 1. The Hall–Kier alpha value is -1.61. The molecule has 0 spiro atoms. The molecule has 9 heteroatoms. The molecular formula is C11H11BrF3N3O2. The van der Waals surface area contributed by atoms with Gasteiger partial charge in [-0.1, -0.05) is 15.9 Å². The number of primary amides is 1. The van der Waals surface area contributed by atoms with E-state index in [-0.39, 0.29) is 10.2 Å². The fourth-order valence-electron chi connectivity index (χ4n) is 1.37. The standard InChI is InChI=1S/C11H11BrF3N3O2/c12-6-1-5(11(13,14)15)2-7(3-6)18-10(20)8(16)4-9(17)19/h1-3,8H,4,16H2,(H2,17,19)(H,18,20). The molecule has 0 aliphatic rings. The zero-order valence-corrected chi connectivity index (χ0v) is 11.6. The summed E-state index contributed by atoms with van der Waals surface area (Å²) < 4.78 is 37.9. The lowest BCUT2D eigenvalue weighted by Gasteiger charge is -2.13. The minimum Gasteiger partial charge on any atom is -0.370 e. The highest BCUT2D eigenvalue weighted by Gasteiger charge is 2.31. The first-order valence-corrected chi connectivity index (χ1v) is 6.11. The third-order valence-electron chi connectivity index (χ3n) is 2.25. The van der Waals surface area contributed by atoms with E-state index in [1.807, 2.05) is 0 Å². The maximum atomic E-state index is 12.6. The number of alkyl halides is 3. The summed E-state index contributed by atoms with van der Waals surface area (Å²) in [5.74, 6) is -1.58. The Kier molecular flexibility index (Phi) is 5.12. The molecule has 0 heterocycles. The Bertz CT molecular complexity index is 534. The number of nitrogens with one attached hydrogen (secondary N) is 1. The van der Waals surface area contributed by atoms with Crippen LogP contribution in [0.3, 0.4) is 0 Å². The van der Waals surface area contributed by atoms with Gasteiger partial charge in [-0.25, -0.2) is 0 Å². The van der Waals surface area contributed by atoms with Gasteiger partial charge in [-0.15, -0.1) is 0 Å². The molecule has 0 saturated carbocycles. The first kappa shape index (κ1) is 16.4. The van der Waals surface area contributed by atoms with Crippen LogP contribution < -0.4 is 16.8 Å². The lowest BCUT2D eigenvalue weighted by molar-refractivity contribution is -0.137. The Morgan fingerprint density at radius 2 is 1.90 bits per heavy atom. The molecule has 0 bridgehead atoms. The van der Waals surface area contributed by atoms with Crippen molar-refractivity contribution >= 4 is 33.4 Å². The Labute approximate surface area is 120 Å². The van der Waals surface area contributed by atoms with E-state index in [4.69, 9.17) is 11.5 Å². The second-order valence-electron chi connectivity index (χ2n) is 3.99. The molecule has 0 aliphatic carbocycles. The number of amides is 2. The van der Waals surface area contributed by atoms with Crippen molar-refractivity contribution in [2.24, 2.45) is 11.5 Å². The molecule has 5 N–H and O–H groups in total. The van der Waals surface area contributed by atoms with Crippen LogP contribution in [-0.2, 0) is 15.8 Å². The van der Waals surface area contributed by atoms with Gasteiger partial charge in [0, 0.05) is 10.2 Å². The van der Waals surface area contributed by atoms with E-state index < -0.39 is 36.0 Å². The molecule has 20 heavy (non-hydrogen) atoms. The van der Waals surface area contributed by atoms with E-state index in [1.54, 1.807) is 0 Å². The highest BCUT2D eigenvalue weighted by Crippen LogP contribution is 2.33. The van der Waals surface area contributed by atoms with Gasteiger partial charge < -0.3 is 16.8 Å². The summed E-state index contributed by atoms with van der Waals surface area (Å²) >= 11 is 2.92. The van der Waals surface area contributed by atoms with Crippen LogP contribution in [0.1, 0.15) is 12.0 Å². The van der Waals surface area contributed by atoms with Crippen LogP contribution in [0.15, 0.2) is 22.7 Å². The topological polar surface area (TPSA) is 98.2 Å². The van der Waals surface area contributed by atoms with Crippen molar-refractivity contribution in [3.05, 3.63) is 28.2 Å². The van der Waals surface area contributed by atoms with Gasteiger partial charge in [-0.3, -0.25) is 9.59 Å². The number of nitrogens with two attached hydrogens (primary N) is 2. The van der Waals surface area contributed by atoms with E-state index in [0.717, 1.165) is 12.1 Å². The van der Waals surface area contributed by atoms with E-state index in [0.29, 0.717) is 0 Å². The van der Waals surface area contributed by atoms with Crippen LogP contribution in [-0.4, -0.2) is 17.9 Å². The summed E-state index contributed by atoms with van der Waals surface area (Å²) in [6.45, 7) is 0. The van der Waals surface area contributed by atoms with Crippen molar-refractivity contribution in [1.29, 1.82) is 0 Å². The van der Waals surface area contributed by atoms with Crippen LogP contribution in [0.5, 0.6) is 0 Å². The van der Waals surface area contributed by atoms with Crippen LogP contribution in [0.4, 0.5) is 18.9 Å². The van der Waals surface area contributed by atoms with E-state index in [9.17, 15) is 22.8 Å². The first-order valence-electron chi connectivity index (χ1n) is 5.32. The third kappa shape index (κ3) is 4.82. The molecule has 2 amide bonds. The molecule has 0 radical (unpaired) electrons. The number of rotatable bonds is 4. The second-order valence-corrected chi connectivity index (χ2v) is 4.91. The van der Waals surface area contributed by atoms with Crippen LogP contribution in [0, 0.1) is 0 Å². The number of hydrogen-bond donors (Lipinski definition) is 3. The Morgan fingerprint density at radius 1 is 1.30 bits per heavy atom. The molecule has 1 unspecified atom stereocenters. The zero-order chi connectivity index (χ0) is 15.5. The molecule has 110 valence electrons. The largest absolute Gasteiger partial charge is 0.416 e. The molecule has 5 nitrogen and oxygen atoms in total. The number of carbonyl (C=O) groups excluding carboxylic acids is 2. The van der Waals surface area contributed by atoms with Crippen molar-refractivity contribution in [2.45, 2.75) is 18.6 Å². The van der Waals surface area contributed by atoms with Crippen molar-refractivity contribution < 1.29 is 22.8 Å². The van der Waals surface area contributed by atoms with Gasteiger partial charge in [0.15, 0.2) is 0 Å². The quantitative estimate of drug-likeness (QED) is 0.766. The van der Waals surface area contributed by atoms with Crippen LogP contribution in [0.2, 0.25) is 0 Å². The summed E-state index contributed by atoms with van der Waals surface area (Å²) in [5, 5.41) is 2.20. The fourth-order valence-corrected chi connectivity index (χ4v) is 1.86. The number of benzene rings is 1. The Balaban J connectivity index is 2.90. The summed E-state index contributed by atoms with van der Waals surface area (Å²) in [4.78, 5) is 22.2. The fraction of sp³-hybridized carbons (Fsp3) is 0.273. The van der Waals surface area contributed by atoms with Crippen molar-refractivity contribution in [3.8, 4) is 0 Å². The lowest BCUT2D eigenvalue weighted by atomic mass is 10.1. The average Bonchev–Trinajstić information content (AvgIpc) is 2.25. The summed E-state index contributed by atoms with van der Waals surface area (Å²) in [7, 11) is 0. The smallest absolute Gasteiger partial charge is 0.370 e. The van der Waals surface area contributed by atoms with Crippen molar-refractivity contribution in [3.63, 3.8) is 0 Å². The first-order chi connectivity index (χ1) is 9.09. The molecule has 0 fully saturated rings. The number of carbonyl (C=O) groups is 2. The minimum absolute atomic E-state index is 0.0865. The summed E-state index contributed by atoms with van der Waals surface area (Å²) in [6, 6.07) is 1.70. The van der Waals surface area contributed by atoms with Crippen molar-refractivity contribution in [1.82, 2.24) is 0 Å².